The second-order valence-electron chi connectivity index (χ2n) is 6.56. The number of nitrogens with one attached hydrogen (secondary N) is 1. The van der Waals surface area contributed by atoms with Gasteiger partial charge in [0.2, 0.25) is 0 Å². The fourth-order valence-electron chi connectivity index (χ4n) is 3.40. The number of H-pyrrole nitrogens is 1. The van der Waals surface area contributed by atoms with E-state index in [0.29, 0.717) is 24.3 Å². The van der Waals surface area contributed by atoms with E-state index in [1.54, 1.807) is 18.7 Å². The first-order valence-electron chi connectivity index (χ1n) is 8.26. The van der Waals surface area contributed by atoms with Crippen LogP contribution in [0.4, 0.5) is 0 Å². The van der Waals surface area contributed by atoms with Crippen LogP contribution in [0.25, 0.3) is 0 Å². The van der Waals surface area contributed by atoms with E-state index in [9.17, 15) is 9.59 Å². The summed E-state index contributed by atoms with van der Waals surface area (Å²) in [5.41, 5.74) is 3.18. The first-order valence-corrected chi connectivity index (χ1v) is 8.26. The van der Waals surface area contributed by atoms with E-state index >= 15 is 0 Å². The number of carbonyl (C=O) groups is 1. The summed E-state index contributed by atoms with van der Waals surface area (Å²) >= 11 is 0. The average molecular weight is 329 g/mol. The molecule has 1 aliphatic heterocycles. The van der Waals surface area contributed by atoms with E-state index in [2.05, 4.69) is 15.3 Å². The third-order valence-corrected chi connectivity index (χ3v) is 4.76. The van der Waals surface area contributed by atoms with E-state index in [0.717, 1.165) is 24.2 Å². The maximum absolute atomic E-state index is 12.9. The van der Waals surface area contributed by atoms with E-state index in [1.807, 2.05) is 24.6 Å². The molecule has 1 amide bonds. The molecule has 0 radical (unpaired) electrons. The molecule has 7 nitrogen and oxygen atoms in total. The minimum atomic E-state index is -0.420. The van der Waals surface area contributed by atoms with Gasteiger partial charge in [0.1, 0.15) is 5.56 Å². The lowest BCUT2D eigenvalue weighted by Gasteiger charge is -2.33. The van der Waals surface area contributed by atoms with Crippen molar-refractivity contribution in [3.63, 3.8) is 0 Å². The number of amides is 1. The van der Waals surface area contributed by atoms with Gasteiger partial charge in [-0.05, 0) is 52.2 Å². The molecule has 2 aromatic rings. The molecule has 0 spiro atoms. The summed E-state index contributed by atoms with van der Waals surface area (Å²) in [7, 11) is 0. The highest BCUT2D eigenvalue weighted by Crippen LogP contribution is 2.24. The number of piperidine rings is 1. The molecule has 0 aliphatic carbocycles. The van der Waals surface area contributed by atoms with Gasteiger partial charge >= 0.3 is 0 Å². The Labute approximate surface area is 140 Å². The van der Waals surface area contributed by atoms with Crippen molar-refractivity contribution in [1.29, 1.82) is 0 Å². The largest absolute Gasteiger partial charge is 0.336 e. The molecule has 24 heavy (non-hydrogen) atoms. The SMILES string of the molecule is Cc1cc(C)n(C2CCCN(C(=O)c3c(C)c(C)n[nH]c3=O)C2)n1. The second-order valence-corrected chi connectivity index (χ2v) is 6.56. The standard InChI is InChI=1S/C17H23N5O2/c1-10-8-11(2)22(20-10)14-6-5-7-21(9-14)17(24)15-12(3)13(4)18-19-16(15)23/h8,14H,5-7,9H2,1-4H3,(H,19,23). The Balaban J connectivity index is 1.88. The van der Waals surface area contributed by atoms with Crippen molar-refractivity contribution in [3.8, 4) is 0 Å². The lowest BCUT2D eigenvalue weighted by Crippen LogP contribution is -2.43. The lowest BCUT2D eigenvalue weighted by atomic mass is 10.0. The van der Waals surface area contributed by atoms with Gasteiger partial charge in [0.05, 0.1) is 17.4 Å². The molecule has 1 atom stereocenters. The first-order chi connectivity index (χ1) is 11.4. The maximum Gasteiger partial charge on any atom is 0.277 e. The van der Waals surface area contributed by atoms with Gasteiger partial charge in [-0.15, -0.1) is 0 Å². The molecule has 1 fully saturated rings. The highest BCUT2D eigenvalue weighted by atomic mass is 16.2. The van der Waals surface area contributed by atoms with Crippen LogP contribution in [0.15, 0.2) is 10.9 Å². The van der Waals surface area contributed by atoms with Crippen molar-refractivity contribution >= 4 is 5.91 Å². The summed E-state index contributed by atoms with van der Waals surface area (Å²) in [6.45, 7) is 8.79. The minimum Gasteiger partial charge on any atom is -0.336 e. The molecule has 7 heteroatoms. The van der Waals surface area contributed by atoms with Crippen LogP contribution < -0.4 is 5.56 Å². The predicted octanol–water partition coefficient (Wildman–Crippen LogP) is 1.68. The van der Waals surface area contributed by atoms with Crippen LogP contribution in [0.3, 0.4) is 0 Å². The van der Waals surface area contributed by atoms with E-state index in [-0.39, 0.29) is 17.5 Å². The van der Waals surface area contributed by atoms with Crippen molar-refractivity contribution < 1.29 is 4.79 Å². The van der Waals surface area contributed by atoms with Crippen LogP contribution in [0, 0.1) is 27.7 Å². The number of aryl methyl sites for hydroxylation is 3. The molecule has 0 aromatic carbocycles. The fourth-order valence-corrected chi connectivity index (χ4v) is 3.40. The zero-order valence-corrected chi connectivity index (χ0v) is 14.6. The smallest absolute Gasteiger partial charge is 0.277 e. The molecule has 3 rings (SSSR count). The minimum absolute atomic E-state index is 0.152. The molecular formula is C17H23N5O2. The van der Waals surface area contributed by atoms with Gasteiger partial charge in [0.15, 0.2) is 0 Å². The van der Waals surface area contributed by atoms with Crippen molar-refractivity contribution in [2.24, 2.45) is 0 Å². The van der Waals surface area contributed by atoms with Gasteiger partial charge in [0.25, 0.3) is 11.5 Å². The monoisotopic (exact) mass is 329 g/mol. The number of aromatic amines is 1. The van der Waals surface area contributed by atoms with E-state index in [4.69, 9.17) is 0 Å². The van der Waals surface area contributed by atoms with Crippen LogP contribution in [0.1, 0.15) is 51.9 Å². The molecule has 128 valence electrons. The summed E-state index contributed by atoms with van der Waals surface area (Å²) in [5, 5.41) is 10.9. The molecule has 3 heterocycles. The van der Waals surface area contributed by atoms with Crippen LogP contribution in [-0.4, -0.2) is 43.9 Å². The topological polar surface area (TPSA) is 83.9 Å². The van der Waals surface area contributed by atoms with Gasteiger partial charge in [-0.2, -0.15) is 10.2 Å². The van der Waals surface area contributed by atoms with E-state index < -0.39 is 5.56 Å². The summed E-state index contributed by atoms with van der Waals surface area (Å²) < 4.78 is 2.00. The van der Waals surface area contributed by atoms with Gasteiger partial charge in [0, 0.05) is 18.8 Å². The second kappa shape index (κ2) is 6.22. The van der Waals surface area contributed by atoms with E-state index in [1.165, 1.54) is 0 Å². The quantitative estimate of drug-likeness (QED) is 0.908. The Morgan fingerprint density at radius 2 is 2.04 bits per heavy atom. The number of rotatable bonds is 2. The van der Waals surface area contributed by atoms with Crippen molar-refractivity contribution in [1.82, 2.24) is 24.9 Å². The number of carbonyl (C=O) groups excluding carboxylic acids is 1. The highest BCUT2D eigenvalue weighted by Gasteiger charge is 2.29. The van der Waals surface area contributed by atoms with Crippen LogP contribution >= 0.6 is 0 Å². The molecule has 1 unspecified atom stereocenters. The molecule has 0 saturated carbocycles. The zero-order valence-electron chi connectivity index (χ0n) is 14.6. The molecule has 2 aromatic heterocycles. The van der Waals surface area contributed by atoms with Crippen molar-refractivity contribution in [2.75, 3.05) is 13.1 Å². The summed E-state index contributed by atoms with van der Waals surface area (Å²) in [6.07, 6.45) is 1.88. The Morgan fingerprint density at radius 1 is 1.29 bits per heavy atom. The summed E-state index contributed by atoms with van der Waals surface area (Å²) in [6, 6.07) is 2.20. The Hall–Kier alpha value is -2.44. The van der Waals surface area contributed by atoms with Crippen molar-refractivity contribution in [3.05, 3.63) is 44.6 Å². The lowest BCUT2D eigenvalue weighted by molar-refractivity contribution is 0.0668. The Morgan fingerprint density at radius 3 is 2.71 bits per heavy atom. The average Bonchev–Trinajstić information content (AvgIpc) is 2.90. The maximum atomic E-state index is 12.9. The molecule has 0 bridgehead atoms. The highest BCUT2D eigenvalue weighted by molar-refractivity contribution is 5.95. The number of hydrogen-bond donors (Lipinski definition) is 1. The van der Waals surface area contributed by atoms with Gasteiger partial charge in [-0.1, -0.05) is 0 Å². The molecule has 1 saturated heterocycles. The van der Waals surface area contributed by atoms with Gasteiger partial charge < -0.3 is 4.90 Å². The number of likely N-dealkylation sites (tertiary alicyclic amines) is 1. The first kappa shape index (κ1) is 16.4. The van der Waals surface area contributed by atoms with Crippen LogP contribution in [-0.2, 0) is 0 Å². The molecule has 1 aliphatic rings. The van der Waals surface area contributed by atoms with Crippen LogP contribution in [0.5, 0.6) is 0 Å². The third-order valence-electron chi connectivity index (χ3n) is 4.76. The Bertz CT molecular complexity index is 836. The number of hydrogen-bond acceptors (Lipinski definition) is 4. The fraction of sp³-hybridized carbons (Fsp3) is 0.529. The number of aromatic nitrogens is 4. The molecular weight excluding hydrogens is 306 g/mol. The Kier molecular flexibility index (Phi) is 4.26. The number of nitrogens with zero attached hydrogens (tertiary/aromatic N) is 4. The van der Waals surface area contributed by atoms with Gasteiger partial charge in [-0.3, -0.25) is 14.3 Å². The normalized spacial score (nSPS) is 18.0. The van der Waals surface area contributed by atoms with Crippen molar-refractivity contribution in [2.45, 2.75) is 46.6 Å². The summed E-state index contributed by atoms with van der Waals surface area (Å²) in [5.74, 6) is -0.217. The zero-order chi connectivity index (χ0) is 17.4. The third kappa shape index (κ3) is 2.86. The predicted molar refractivity (Wildman–Crippen MR) is 90.2 cm³/mol. The van der Waals surface area contributed by atoms with Crippen LogP contribution in [0.2, 0.25) is 0 Å². The van der Waals surface area contributed by atoms with Gasteiger partial charge in [-0.25, -0.2) is 5.10 Å². The summed E-state index contributed by atoms with van der Waals surface area (Å²) in [4.78, 5) is 26.8. The molecule has 1 N–H and O–H groups in total.